The second-order valence-electron chi connectivity index (χ2n) is 10.3. The fourth-order valence-electron chi connectivity index (χ4n) is 6.26. The van der Waals surface area contributed by atoms with Gasteiger partial charge in [0.2, 0.25) is 0 Å². The minimum absolute atomic E-state index is 1.02. The molecule has 0 N–H and O–H groups in total. The van der Waals surface area contributed by atoms with Crippen molar-refractivity contribution in [2.45, 2.75) is 9.79 Å². The van der Waals surface area contributed by atoms with E-state index in [1.54, 1.807) is 0 Å². The number of pyridine rings is 1. The first-order valence-electron chi connectivity index (χ1n) is 13.7. The van der Waals surface area contributed by atoms with Gasteiger partial charge < -0.3 is 4.90 Å². The Morgan fingerprint density at radius 2 is 1.15 bits per heavy atom. The monoisotopic (exact) mass is 558 g/mol. The molecule has 1 aliphatic rings. The number of fused-ring (bicyclic) bond motifs is 9. The number of rotatable bonds is 2. The van der Waals surface area contributed by atoms with Gasteiger partial charge in [-0.2, -0.15) is 0 Å². The average Bonchev–Trinajstić information content (AvgIpc) is 3.43. The van der Waals surface area contributed by atoms with Crippen LogP contribution < -0.4 is 4.90 Å². The summed E-state index contributed by atoms with van der Waals surface area (Å²) >= 11 is 3.73. The van der Waals surface area contributed by atoms with Gasteiger partial charge in [-0.25, -0.2) is 4.98 Å². The van der Waals surface area contributed by atoms with Crippen molar-refractivity contribution in [2.24, 2.45) is 0 Å². The van der Waals surface area contributed by atoms with Crippen LogP contribution in [0.5, 0.6) is 0 Å². The van der Waals surface area contributed by atoms with Crippen LogP contribution >= 0.6 is 23.1 Å². The summed E-state index contributed by atoms with van der Waals surface area (Å²) in [5.41, 5.74) is 6.79. The Hall–Kier alpha value is -4.64. The van der Waals surface area contributed by atoms with E-state index in [-0.39, 0.29) is 0 Å². The van der Waals surface area contributed by atoms with E-state index in [0.717, 1.165) is 16.8 Å². The quantitative estimate of drug-likeness (QED) is 0.196. The van der Waals surface area contributed by atoms with Crippen molar-refractivity contribution in [3.05, 3.63) is 133 Å². The third-order valence-corrected chi connectivity index (χ3v) is 10.3. The molecular formula is C37H22N2S2. The number of anilines is 3. The van der Waals surface area contributed by atoms with Gasteiger partial charge in [-0.15, -0.1) is 11.3 Å². The lowest BCUT2D eigenvalue weighted by Crippen LogP contribution is -2.15. The highest BCUT2D eigenvalue weighted by molar-refractivity contribution is 7.99. The summed E-state index contributed by atoms with van der Waals surface area (Å²) in [6.07, 6.45) is 0. The fraction of sp³-hybridized carbons (Fsp3) is 0. The van der Waals surface area contributed by atoms with Crippen LogP contribution in [-0.4, -0.2) is 4.98 Å². The molecule has 2 aromatic heterocycles. The molecule has 9 rings (SSSR count). The van der Waals surface area contributed by atoms with Gasteiger partial charge in [0.15, 0.2) is 0 Å². The Balaban J connectivity index is 1.52. The highest BCUT2D eigenvalue weighted by Gasteiger charge is 2.28. The van der Waals surface area contributed by atoms with E-state index >= 15 is 0 Å². The Morgan fingerprint density at radius 1 is 0.512 bits per heavy atom. The number of hydrogen-bond acceptors (Lipinski definition) is 4. The summed E-state index contributed by atoms with van der Waals surface area (Å²) in [5, 5.41) is 6.25. The van der Waals surface area contributed by atoms with Gasteiger partial charge in [-0.1, -0.05) is 103 Å². The van der Waals surface area contributed by atoms with E-state index in [0.29, 0.717) is 0 Å². The number of aromatic nitrogens is 1. The van der Waals surface area contributed by atoms with Crippen LogP contribution in [0.3, 0.4) is 0 Å². The second kappa shape index (κ2) is 8.93. The summed E-state index contributed by atoms with van der Waals surface area (Å²) in [7, 11) is 0. The lowest BCUT2D eigenvalue weighted by Gasteiger charge is -2.33. The first kappa shape index (κ1) is 23.1. The largest absolute Gasteiger partial charge is 0.307 e. The smallest absolute Gasteiger partial charge is 0.0789 e. The highest BCUT2D eigenvalue weighted by Crippen LogP contribution is 2.55. The van der Waals surface area contributed by atoms with E-state index in [9.17, 15) is 0 Å². The minimum atomic E-state index is 1.02. The average molecular weight is 559 g/mol. The van der Waals surface area contributed by atoms with Gasteiger partial charge in [-0.05, 0) is 42.5 Å². The predicted octanol–water partition coefficient (Wildman–Crippen LogP) is 11.4. The molecule has 0 fully saturated rings. The fourth-order valence-corrected chi connectivity index (χ4v) is 8.53. The molecule has 2 nitrogen and oxygen atoms in total. The first-order valence-corrected chi connectivity index (χ1v) is 15.4. The zero-order chi connectivity index (χ0) is 26.9. The van der Waals surface area contributed by atoms with Crippen LogP contribution in [0.25, 0.3) is 53.1 Å². The number of hydrogen-bond donors (Lipinski definition) is 0. The van der Waals surface area contributed by atoms with Crippen molar-refractivity contribution < 1.29 is 0 Å². The van der Waals surface area contributed by atoms with Gasteiger partial charge >= 0.3 is 0 Å². The molecule has 41 heavy (non-hydrogen) atoms. The van der Waals surface area contributed by atoms with Crippen molar-refractivity contribution >= 4 is 82.0 Å². The van der Waals surface area contributed by atoms with Crippen molar-refractivity contribution in [3.63, 3.8) is 0 Å². The van der Waals surface area contributed by atoms with Gasteiger partial charge in [-0.3, -0.25) is 0 Å². The van der Waals surface area contributed by atoms with Crippen LogP contribution in [0, 0.1) is 0 Å². The molecule has 0 bridgehead atoms. The van der Waals surface area contributed by atoms with Crippen molar-refractivity contribution in [2.75, 3.05) is 4.90 Å². The molecule has 0 radical (unpaired) electrons. The van der Waals surface area contributed by atoms with E-state index in [2.05, 4.69) is 138 Å². The maximum atomic E-state index is 5.30. The van der Waals surface area contributed by atoms with Crippen LogP contribution in [0.15, 0.2) is 143 Å². The third-order valence-electron chi connectivity index (χ3n) is 8.01. The topological polar surface area (TPSA) is 16.1 Å². The molecule has 0 saturated heterocycles. The lowest BCUT2D eigenvalue weighted by atomic mass is 9.95. The predicted molar refractivity (Wildman–Crippen MR) is 176 cm³/mol. The van der Waals surface area contributed by atoms with Crippen LogP contribution in [-0.2, 0) is 0 Å². The van der Waals surface area contributed by atoms with Gasteiger partial charge in [0.1, 0.15) is 0 Å². The van der Waals surface area contributed by atoms with E-state index in [1.165, 1.54) is 63.2 Å². The Labute approximate surface area is 245 Å². The van der Waals surface area contributed by atoms with Crippen molar-refractivity contribution in [1.29, 1.82) is 0 Å². The molecule has 4 heteroatoms. The zero-order valence-electron chi connectivity index (χ0n) is 21.9. The number of benzene rings is 6. The van der Waals surface area contributed by atoms with Gasteiger partial charge in [0, 0.05) is 47.0 Å². The summed E-state index contributed by atoms with van der Waals surface area (Å²) in [6, 6.07) is 48.0. The van der Waals surface area contributed by atoms with E-state index in [4.69, 9.17) is 4.98 Å². The molecule has 0 spiro atoms. The van der Waals surface area contributed by atoms with Crippen molar-refractivity contribution in [3.8, 4) is 11.3 Å². The van der Waals surface area contributed by atoms with E-state index < -0.39 is 0 Å². The molecule has 0 atom stereocenters. The molecule has 6 aromatic carbocycles. The zero-order valence-corrected chi connectivity index (χ0v) is 23.5. The van der Waals surface area contributed by atoms with Crippen LogP contribution in [0.4, 0.5) is 17.1 Å². The molecule has 3 heterocycles. The standard InChI is InChI=1S/C37H22N2S2/c1-2-12-23(13-3-1)36-26-22-30(39-28-17-7-10-20-32(28)40-33-21-11-8-18-29(33)39)37-35(25-15-5-9-19-31(25)41-37)34(26)24-14-4-6-16-27(24)38-36/h1-22H. The normalized spacial score (nSPS) is 12.7. The van der Waals surface area contributed by atoms with Crippen molar-refractivity contribution in [1.82, 2.24) is 4.98 Å². The third kappa shape index (κ3) is 3.41. The summed E-state index contributed by atoms with van der Waals surface area (Å²) in [5.74, 6) is 0. The number of nitrogens with zero attached hydrogens (tertiary/aromatic N) is 2. The SMILES string of the molecule is c1ccc(-c2nc3ccccc3c3c2cc(N2c4ccccc4Sc4ccccc42)c2sc4ccccc4c23)cc1. The molecule has 0 amide bonds. The molecule has 0 unspecified atom stereocenters. The summed E-state index contributed by atoms with van der Waals surface area (Å²) in [6.45, 7) is 0. The molecule has 8 aromatic rings. The van der Waals surface area contributed by atoms with Gasteiger partial charge in [0.25, 0.3) is 0 Å². The maximum absolute atomic E-state index is 5.30. The Bertz CT molecular complexity index is 2260. The molecule has 0 saturated carbocycles. The summed E-state index contributed by atoms with van der Waals surface area (Å²) in [4.78, 5) is 10.3. The number of thiophene rings is 1. The Kier molecular flexibility index (Phi) is 5.03. The van der Waals surface area contributed by atoms with Gasteiger partial charge in [0.05, 0.1) is 33.0 Å². The minimum Gasteiger partial charge on any atom is -0.307 e. The molecule has 192 valence electrons. The second-order valence-corrected chi connectivity index (χ2v) is 12.5. The molecular weight excluding hydrogens is 537 g/mol. The Morgan fingerprint density at radius 3 is 1.93 bits per heavy atom. The van der Waals surface area contributed by atoms with Crippen LogP contribution in [0.2, 0.25) is 0 Å². The maximum Gasteiger partial charge on any atom is 0.0789 e. The first-order chi connectivity index (χ1) is 20.3. The lowest BCUT2D eigenvalue weighted by molar-refractivity contribution is 1.18. The number of para-hydroxylation sites is 3. The van der Waals surface area contributed by atoms with Crippen LogP contribution in [0.1, 0.15) is 0 Å². The molecule has 1 aliphatic heterocycles. The highest BCUT2D eigenvalue weighted by atomic mass is 32.2. The summed E-state index contributed by atoms with van der Waals surface area (Å²) < 4.78 is 2.59. The molecule has 0 aliphatic carbocycles. The van der Waals surface area contributed by atoms with E-state index in [1.807, 2.05) is 23.1 Å².